The lowest BCUT2D eigenvalue weighted by molar-refractivity contribution is 0.678. The van der Waals surface area contributed by atoms with Crippen molar-refractivity contribution in [2.45, 2.75) is 20.0 Å². The molecule has 0 radical (unpaired) electrons. The summed E-state index contributed by atoms with van der Waals surface area (Å²) in [5.74, 6) is 0. The fourth-order valence-electron chi connectivity index (χ4n) is 2.01. The molecule has 18 heavy (non-hydrogen) atoms. The third-order valence-electron chi connectivity index (χ3n) is 2.90. The van der Waals surface area contributed by atoms with Crippen LogP contribution in [0.15, 0.2) is 36.1 Å². The Morgan fingerprint density at radius 1 is 1.33 bits per heavy atom. The van der Waals surface area contributed by atoms with E-state index in [1.54, 1.807) is 11.3 Å². The number of hydrogen-bond acceptors (Lipinski definition) is 4. The summed E-state index contributed by atoms with van der Waals surface area (Å²) in [4.78, 5) is 9.86. The minimum atomic E-state index is 0.814. The standard InChI is InChI=1S/C13H14N4S/c1-10-12(8-14-6-11-7-15-9-18-11)17-5-3-2-4-13(17)16-10/h2-5,7,9,14H,6,8H2,1H3. The zero-order valence-corrected chi connectivity index (χ0v) is 10.9. The average Bonchev–Trinajstić information content (AvgIpc) is 2.98. The van der Waals surface area contributed by atoms with Crippen molar-refractivity contribution < 1.29 is 0 Å². The van der Waals surface area contributed by atoms with E-state index < -0.39 is 0 Å². The molecular formula is C13H14N4S. The van der Waals surface area contributed by atoms with E-state index >= 15 is 0 Å². The molecule has 0 aromatic carbocycles. The van der Waals surface area contributed by atoms with Crippen LogP contribution in [0.5, 0.6) is 0 Å². The maximum Gasteiger partial charge on any atom is 0.137 e. The van der Waals surface area contributed by atoms with Crippen LogP contribution in [-0.2, 0) is 13.1 Å². The van der Waals surface area contributed by atoms with Crippen molar-refractivity contribution in [3.8, 4) is 0 Å². The van der Waals surface area contributed by atoms with Gasteiger partial charge in [0.05, 0.1) is 16.9 Å². The van der Waals surface area contributed by atoms with E-state index in [1.165, 1.54) is 10.6 Å². The van der Waals surface area contributed by atoms with Gasteiger partial charge in [-0.2, -0.15) is 0 Å². The van der Waals surface area contributed by atoms with Crippen LogP contribution in [0.2, 0.25) is 0 Å². The molecule has 0 spiro atoms. The van der Waals surface area contributed by atoms with Crippen molar-refractivity contribution >= 4 is 17.0 Å². The number of hydrogen-bond donors (Lipinski definition) is 1. The molecule has 0 aliphatic rings. The van der Waals surface area contributed by atoms with Gasteiger partial charge < -0.3 is 9.72 Å². The number of nitrogens with zero attached hydrogens (tertiary/aromatic N) is 3. The molecule has 1 N–H and O–H groups in total. The van der Waals surface area contributed by atoms with Gasteiger partial charge in [0.15, 0.2) is 0 Å². The molecule has 0 fully saturated rings. The molecule has 0 unspecified atom stereocenters. The van der Waals surface area contributed by atoms with Crippen molar-refractivity contribution in [2.75, 3.05) is 0 Å². The molecule has 0 bridgehead atoms. The minimum Gasteiger partial charge on any atom is -0.306 e. The predicted octanol–water partition coefficient (Wildman–Crippen LogP) is 2.39. The second-order valence-electron chi connectivity index (χ2n) is 4.14. The molecule has 0 amide bonds. The van der Waals surface area contributed by atoms with Crippen LogP contribution in [0.25, 0.3) is 5.65 Å². The number of fused-ring (bicyclic) bond motifs is 1. The Morgan fingerprint density at radius 3 is 3.11 bits per heavy atom. The van der Waals surface area contributed by atoms with Gasteiger partial charge in [0.2, 0.25) is 0 Å². The van der Waals surface area contributed by atoms with Gasteiger partial charge in [0, 0.05) is 30.4 Å². The van der Waals surface area contributed by atoms with Crippen LogP contribution in [0.4, 0.5) is 0 Å². The predicted molar refractivity (Wildman–Crippen MR) is 72.6 cm³/mol. The normalized spacial score (nSPS) is 11.2. The molecule has 3 rings (SSSR count). The van der Waals surface area contributed by atoms with Crippen molar-refractivity contribution in [3.63, 3.8) is 0 Å². The zero-order valence-electron chi connectivity index (χ0n) is 10.1. The lowest BCUT2D eigenvalue weighted by Gasteiger charge is -2.04. The van der Waals surface area contributed by atoms with E-state index in [-0.39, 0.29) is 0 Å². The van der Waals surface area contributed by atoms with E-state index in [9.17, 15) is 0 Å². The van der Waals surface area contributed by atoms with Gasteiger partial charge in [-0.05, 0) is 19.1 Å². The van der Waals surface area contributed by atoms with E-state index in [1.807, 2.05) is 29.9 Å². The van der Waals surface area contributed by atoms with Gasteiger partial charge >= 0.3 is 0 Å². The van der Waals surface area contributed by atoms with Crippen molar-refractivity contribution in [2.24, 2.45) is 0 Å². The molecule has 0 atom stereocenters. The van der Waals surface area contributed by atoms with Crippen molar-refractivity contribution in [1.82, 2.24) is 19.7 Å². The molecule has 0 aliphatic heterocycles. The summed E-state index contributed by atoms with van der Waals surface area (Å²) >= 11 is 1.67. The Bertz CT molecular complexity index is 642. The first-order valence-electron chi connectivity index (χ1n) is 5.85. The number of imidazole rings is 1. The van der Waals surface area contributed by atoms with Crippen molar-refractivity contribution in [3.05, 3.63) is 52.4 Å². The molecule has 4 nitrogen and oxygen atoms in total. The summed E-state index contributed by atoms with van der Waals surface area (Å²) in [6, 6.07) is 6.07. The maximum absolute atomic E-state index is 4.54. The Kier molecular flexibility index (Phi) is 3.08. The summed E-state index contributed by atoms with van der Waals surface area (Å²) in [5, 5.41) is 3.43. The summed E-state index contributed by atoms with van der Waals surface area (Å²) < 4.78 is 2.13. The highest BCUT2D eigenvalue weighted by Crippen LogP contribution is 2.12. The lowest BCUT2D eigenvalue weighted by Crippen LogP contribution is -2.14. The van der Waals surface area contributed by atoms with Gasteiger partial charge in [-0.25, -0.2) is 4.98 Å². The number of nitrogens with one attached hydrogen (secondary N) is 1. The van der Waals surface area contributed by atoms with Crippen molar-refractivity contribution in [1.29, 1.82) is 0 Å². The van der Waals surface area contributed by atoms with E-state index in [2.05, 4.69) is 32.8 Å². The summed E-state index contributed by atoms with van der Waals surface area (Å²) in [6.07, 6.45) is 3.96. The third kappa shape index (κ3) is 2.14. The van der Waals surface area contributed by atoms with Gasteiger partial charge in [-0.15, -0.1) is 11.3 Å². The molecular weight excluding hydrogens is 244 g/mol. The largest absolute Gasteiger partial charge is 0.306 e. The summed E-state index contributed by atoms with van der Waals surface area (Å²) in [6.45, 7) is 3.72. The van der Waals surface area contributed by atoms with E-state index in [0.717, 1.165) is 24.4 Å². The smallest absolute Gasteiger partial charge is 0.137 e. The highest BCUT2D eigenvalue weighted by atomic mass is 32.1. The van der Waals surface area contributed by atoms with Crippen LogP contribution >= 0.6 is 11.3 Å². The van der Waals surface area contributed by atoms with E-state index in [0.29, 0.717) is 0 Å². The summed E-state index contributed by atoms with van der Waals surface area (Å²) in [5.41, 5.74) is 5.16. The first kappa shape index (κ1) is 11.4. The Morgan fingerprint density at radius 2 is 2.28 bits per heavy atom. The summed E-state index contributed by atoms with van der Waals surface area (Å²) in [7, 11) is 0. The topological polar surface area (TPSA) is 42.2 Å². The van der Waals surface area contributed by atoms with Crippen LogP contribution < -0.4 is 5.32 Å². The van der Waals surface area contributed by atoms with Gasteiger partial charge in [-0.1, -0.05) is 6.07 Å². The number of rotatable bonds is 4. The Balaban J connectivity index is 1.76. The van der Waals surface area contributed by atoms with Gasteiger partial charge in [0.1, 0.15) is 5.65 Å². The fourth-order valence-corrected chi connectivity index (χ4v) is 2.57. The quantitative estimate of drug-likeness (QED) is 0.781. The fraction of sp³-hybridized carbons (Fsp3) is 0.231. The number of thiazole rings is 1. The Labute approximate surface area is 109 Å². The van der Waals surface area contributed by atoms with Gasteiger partial charge in [-0.3, -0.25) is 4.98 Å². The second-order valence-corrected chi connectivity index (χ2v) is 5.11. The van der Waals surface area contributed by atoms with E-state index in [4.69, 9.17) is 0 Å². The zero-order chi connectivity index (χ0) is 12.4. The van der Waals surface area contributed by atoms with Gasteiger partial charge in [0.25, 0.3) is 0 Å². The number of pyridine rings is 1. The third-order valence-corrected chi connectivity index (χ3v) is 3.68. The molecule has 3 aromatic heterocycles. The van der Waals surface area contributed by atoms with Crippen LogP contribution in [0.1, 0.15) is 16.3 Å². The second kappa shape index (κ2) is 4.88. The number of aromatic nitrogens is 3. The Hall–Kier alpha value is -1.72. The highest BCUT2D eigenvalue weighted by Gasteiger charge is 2.07. The molecule has 3 heterocycles. The monoisotopic (exact) mass is 258 g/mol. The molecule has 0 saturated heterocycles. The average molecular weight is 258 g/mol. The maximum atomic E-state index is 4.54. The lowest BCUT2D eigenvalue weighted by atomic mass is 10.3. The highest BCUT2D eigenvalue weighted by molar-refractivity contribution is 7.09. The molecule has 5 heteroatoms. The SMILES string of the molecule is Cc1nc2ccccn2c1CNCc1cncs1. The van der Waals surface area contributed by atoms with Crippen LogP contribution in [0, 0.1) is 6.92 Å². The van der Waals surface area contributed by atoms with Crippen LogP contribution in [0.3, 0.4) is 0 Å². The minimum absolute atomic E-state index is 0.814. The number of aryl methyl sites for hydroxylation is 1. The molecule has 3 aromatic rings. The first-order chi connectivity index (χ1) is 8.84. The van der Waals surface area contributed by atoms with Crippen LogP contribution in [-0.4, -0.2) is 14.4 Å². The molecule has 0 aliphatic carbocycles. The molecule has 92 valence electrons. The first-order valence-corrected chi connectivity index (χ1v) is 6.73. The molecule has 0 saturated carbocycles.